The monoisotopic (exact) mass is 165 g/mol. The summed E-state index contributed by atoms with van der Waals surface area (Å²) in [6.07, 6.45) is 3.16. The zero-order valence-electron chi connectivity index (χ0n) is 8.41. The van der Waals surface area contributed by atoms with Crippen molar-refractivity contribution >= 4 is 0 Å². The number of hydrogen-bond acceptors (Lipinski definition) is 1. The Bertz CT molecular complexity index is 199. The molecule has 0 unspecified atom stereocenters. The van der Waals surface area contributed by atoms with Crippen LogP contribution in [0.4, 0.5) is 0 Å². The smallest absolute Gasteiger partial charge is 0.0337 e. The molecule has 0 aromatic rings. The van der Waals surface area contributed by atoms with Crippen LogP contribution >= 0.6 is 0 Å². The fourth-order valence-corrected chi connectivity index (χ4v) is 0.795. The summed E-state index contributed by atoms with van der Waals surface area (Å²) in [7, 11) is 0. The molecular weight excluding hydrogens is 146 g/mol. The quantitative estimate of drug-likeness (QED) is 0.617. The minimum atomic E-state index is 0.937. The Kier molecular flexibility index (Phi) is 5.18. The van der Waals surface area contributed by atoms with E-state index in [1.807, 2.05) is 19.9 Å². The first-order valence-electron chi connectivity index (χ1n) is 4.38. The summed E-state index contributed by atoms with van der Waals surface area (Å²) in [4.78, 5) is 0. The van der Waals surface area contributed by atoms with Gasteiger partial charge in [-0.3, -0.25) is 0 Å². The lowest BCUT2D eigenvalue weighted by Gasteiger charge is -2.11. The number of allylic oxidation sites excluding steroid dienone is 2. The predicted molar refractivity (Wildman–Crippen MR) is 56.0 cm³/mol. The van der Waals surface area contributed by atoms with Crippen molar-refractivity contribution in [3.63, 3.8) is 0 Å². The average Bonchev–Trinajstić information content (AvgIpc) is 2.11. The fraction of sp³-hybridized carbons (Fsp3) is 0.455. The Hall–Kier alpha value is -0.980. The molecule has 1 heteroatoms. The van der Waals surface area contributed by atoms with Crippen LogP contribution in [-0.2, 0) is 0 Å². The third-order valence-corrected chi connectivity index (χ3v) is 1.86. The van der Waals surface area contributed by atoms with Gasteiger partial charge in [0.05, 0.1) is 0 Å². The Morgan fingerprint density at radius 3 is 2.42 bits per heavy atom. The zero-order chi connectivity index (χ0) is 9.56. The molecular formula is C11H19N. The average molecular weight is 165 g/mol. The molecule has 0 aromatic carbocycles. The molecule has 12 heavy (non-hydrogen) atoms. The summed E-state index contributed by atoms with van der Waals surface area (Å²) in [6.45, 7) is 15.0. The second kappa shape index (κ2) is 5.64. The van der Waals surface area contributed by atoms with E-state index in [2.05, 4.69) is 25.4 Å². The van der Waals surface area contributed by atoms with Gasteiger partial charge in [0.1, 0.15) is 0 Å². The molecule has 0 radical (unpaired) electrons. The summed E-state index contributed by atoms with van der Waals surface area (Å²) in [5.41, 5.74) is 3.13. The third kappa shape index (κ3) is 3.42. The molecule has 0 rings (SSSR count). The highest BCUT2D eigenvalue weighted by atomic mass is 14.9. The highest BCUT2D eigenvalue weighted by molar-refractivity contribution is 5.40. The summed E-state index contributed by atoms with van der Waals surface area (Å²) in [5, 5.41) is 3.21. The van der Waals surface area contributed by atoms with Crippen LogP contribution in [0.3, 0.4) is 0 Å². The van der Waals surface area contributed by atoms with Gasteiger partial charge in [-0.2, -0.15) is 0 Å². The summed E-state index contributed by atoms with van der Waals surface area (Å²) in [5.74, 6) is 0. The molecule has 0 aliphatic heterocycles. The predicted octanol–water partition coefficient (Wildman–Crippen LogP) is 3.02. The Balaban J connectivity index is 4.03. The molecule has 0 aromatic heterocycles. The molecule has 0 fully saturated rings. The second-order valence-electron chi connectivity index (χ2n) is 2.86. The second-order valence-corrected chi connectivity index (χ2v) is 2.86. The van der Waals surface area contributed by atoms with Gasteiger partial charge in [-0.15, -0.1) is 0 Å². The summed E-state index contributed by atoms with van der Waals surface area (Å²) in [6, 6.07) is 0. The van der Waals surface area contributed by atoms with Crippen LogP contribution in [0.1, 0.15) is 27.2 Å². The van der Waals surface area contributed by atoms with E-state index in [1.54, 1.807) is 0 Å². The number of nitrogens with one attached hydrogen (secondary N) is 1. The Morgan fingerprint density at radius 2 is 2.00 bits per heavy atom. The van der Waals surface area contributed by atoms with Crippen LogP contribution in [0.5, 0.6) is 0 Å². The van der Waals surface area contributed by atoms with Crippen LogP contribution in [0.15, 0.2) is 36.1 Å². The van der Waals surface area contributed by atoms with E-state index >= 15 is 0 Å². The summed E-state index contributed by atoms with van der Waals surface area (Å²) >= 11 is 0. The van der Waals surface area contributed by atoms with Gasteiger partial charge in [-0.05, 0) is 31.4 Å². The normalized spacial score (nSPS) is 11.1. The van der Waals surface area contributed by atoms with Gasteiger partial charge in [0, 0.05) is 12.2 Å². The highest BCUT2D eigenvalue weighted by Gasteiger charge is 1.99. The maximum Gasteiger partial charge on any atom is 0.0337 e. The van der Waals surface area contributed by atoms with E-state index in [0.717, 1.165) is 24.2 Å². The topological polar surface area (TPSA) is 12.0 Å². The lowest BCUT2D eigenvalue weighted by atomic mass is 10.1. The van der Waals surface area contributed by atoms with Crippen molar-refractivity contribution in [1.82, 2.24) is 5.32 Å². The van der Waals surface area contributed by atoms with Crippen molar-refractivity contribution in [3.05, 3.63) is 36.1 Å². The van der Waals surface area contributed by atoms with Gasteiger partial charge in [0.15, 0.2) is 0 Å². The molecule has 0 aliphatic carbocycles. The summed E-state index contributed by atoms with van der Waals surface area (Å²) < 4.78 is 0. The minimum Gasteiger partial charge on any atom is -0.385 e. The van der Waals surface area contributed by atoms with Crippen molar-refractivity contribution in [2.75, 3.05) is 6.54 Å². The third-order valence-electron chi connectivity index (χ3n) is 1.86. The lowest BCUT2D eigenvalue weighted by molar-refractivity contribution is 0.780. The lowest BCUT2D eigenvalue weighted by Crippen LogP contribution is -2.14. The largest absolute Gasteiger partial charge is 0.385 e. The van der Waals surface area contributed by atoms with Gasteiger partial charge >= 0.3 is 0 Å². The van der Waals surface area contributed by atoms with Crippen LogP contribution in [0.25, 0.3) is 0 Å². The molecule has 0 saturated heterocycles. The van der Waals surface area contributed by atoms with Crippen LogP contribution in [0, 0.1) is 0 Å². The molecule has 0 spiro atoms. The Morgan fingerprint density at radius 1 is 1.42 bits per heavy atom. The molecule has 0 heterocycles. The molecule has 0 atom stereocenters. The van der Waals surface area contributed by atoms with Crippen LogP contribution in [-0.4, -0.2) is 6.54 Å². The van der Waals surface area contributed by atoms with Crippen molar-refractivity contribution in [1.29, 1.82) is 0 Å². The first-order chi connectivity index (χ1) is 5.63. The Labute approximate surface area is 75.9 Å². The molecule has 1 N–H and O–H groups in total. The van der Waals surface area contributed by atoms with Crippen molar-refractivity contribution in [2.45, 2.75) is 27.2 Å². The van der Waals surface area contributed by atoms with E-state index in [1.165, 1.54) is 5.57 Å². The van der Waals surface area contributed by atoms with E-state index in [-0.39, 0.29) is 0 Å². The standard InChI is InChI=1S/C11H19N/c1-6-8-12-11(5)10(4)9(3)7-2/h7,12H,4-6,8H2,1-3H3/b9-7-. The van der Waals surface area contributed by atoms with E-state index in [9.17, 15) is 0 Å². The van der Waals surface area contributed by atoms with Crippen molar-refractivity contribution in [3.8, 4) is 0 Å². The fourth-order valence-electron chi connectivity index (χ4n) is 0.795. The maximum atomic E-state index is 3.95. The maximum absolute atomic E-state index is 3.95. The molecule has 0 saturated carbocycles. The van der Waals surface area contributed by atoms with E-state index in [0.29, 0.717) is 0 Å². The first kappa shape index (κ1) is 11.0. The highest BCUT2D eigenvalue weighted by Crippen LogP contribution is 2.12. The zero-order valence-corrected chi connectivity index (χ0v) is 8.41. The molecule has 0 amide bonds. The molecule has 0 aliphatic rings. The number of rotatable bonds is 5. The van der Waals surface area contributed by atoms with Gasteiger partial charge in [0.2, 0.25) is 0 Å². The van der Waals surface area contributed by atoms with Crippen molar-refractivity contribution < 1.29 is 0 Å². The minimum absolute atomic E-state index is 0.937. The SMILES string of the molecule is C=C(NCCC)C(=C)/C(C)=C\C. The van der Waals surface area contributed by atoms with E-state index < -0.39 is 0 Å². The van der Waals surface area contributed by atoms with Crippen molar-refractivity contribution in [2.24, 2.45) is 0 Å². The van der Waals surface area contributed by atoms with Crippen LogP contribution < -0.4 is 5.32 Å². The van der Waals surface area contributed by atoms with Gasteiger partial charge < -0.3 is 5.32 Å². The van der Waals surface area contributed by atoms with Crippen LogP contribution in [0.2, 0.25) is 0 Å². The number of hydrogen-bond donors (Lipinski definition) is 1. The molecule has 0 bridgehead atoms. The first-order valence-corrected chi connectivity index (χ1v) is 4.38. The molecule has 68 valence electrons. The van der Waals surface area contributed by atoms with Gasteiger partial charge in [-0.25, -0.2) is 0 Å². The van der Waals surface area contributed by atoms with Gasteiger partial charge in [0.25, 0.3) is 0 Å². The van der Waals surface area contributed by atoms with E-state index in [4.69, 9.17) is 0 Å². The van der Waals surface area contributed by atoms with Gasteiger partial charge in [-0.1, -0.05) is 26.2 Å². The molecule has 1 nitrogen and oxygen atoms in total.